The Morgan fingerprint density at radius 3 is 2.96 bits per heavy atom. The summed E-state index contributed by atoms with van der Waals surface area (Å²) in [6.07, 6.45) is 5.42. The Kier molecular flexibility index (Phi) is 4.43. The zero-order valence-electron chi connectivity index (χ0n) is 14.4. The summed E-state index contributed by atoms with van der Waals surface area (Å²) < 4.78 is 24.8. The standard InChI is InChI=1S/C18H23FN4O2/c1-13-3-4-16(25-13)10-23-6-2-5-18(12-23)7-15(11-24-18)22-17-20-8-14(19)9-21-17/h3-4,8-9,15H,2,5-7,10-12H2,1H3,(H,20,21,22)/t15-,18-/m1/s1. The summed E-state index contributed by atoms with van der Waals surface area (Å²) in [5.41, 5.74) is -0.127. The smallest absolute Gasteiger partial charge is 0.223 e. The number of halogens is 1. The molecule has 2 aliphatic rings. The first-order chi connectivity index (χ1) is 12.1. The zero-order chi connectivity index (χ0) is 17.3. The highest BCUT2D eigenvalue weighted by atomic mass is 19.1. The van der Waals surface area contributed by atoms with E-state index in [0.29, 0.717) is 12.6 Å². The van der Waals surface area contributed by atoms with Gasteiger partial charge in [-0.1, -0.05) is 0 Å². The van der Waals surface area contributed by atoms with Crippen LogP contribution in [0.2, 0.25) is 0 Å². The number of hydrogen-bond donors (Lipinski definition) is 1. The van der Waals surface area contributed by atoms with Gasteiger partial charge in [-0.3, -0.25) is 4.90 Å². The first-order valence-electron chi connectivity index (χ1n) is 8.76. The third kappa shape index (κ3) is 3.82. The normalized spacial score (nSPS) is 27.0. The lowest BCUT2D eigenvalue weighted by molar-refractivity contribution is -0.0544. The SMILES string of the molecule is Cc1ccc(CN2CCC[C@@]3(C[C@@H](Nc4ncc(F)cn4)CO3)C2)o1. The van der Waals surface area contributed by atoms with Gasteiger partial charge in [0.1, 0.15) is 11.5 Å². The number of nitrogens with zero attached hydrogens (tertiary/aromatic N) is 3. The second-order valence-electron chi connectivity index (χ2n) is 7.09. The number of hydrogen-bond acceptors (Lipinski definition) is 6. The lowest BCUT2D eigenvalue weighted by Crippen LogP contribution is -2.47. The topological polar surface area (TPSA) is 63.4 Å². The summed E-state index contributed by atoms with van der Waals surface area (Å²) >= 11 is 0. The Labute approximate surface area is 146 Å². The van der Waals surface area contributed by atoms with Crippen molar-refractivity contribution in [3.8, 4) is 0 Å². The number of ether oxygens (including phenoxy) is 1. The van der Waals surface area contributed by atoms with Gasteiger partial charge in [0.15, 0.2) is 5.82 Å². The lowest BCUT2D eigenvalue weighted by atomic mass is 9.88. The number of nitrogens with one attached hydrogen (secondary N) is 1. The molecule has 0 amide bonds. The monoisotopic (exact) mass is 346 g/mol. The van der Waals surface area contributed by atoms with Gasteiger partial charge in [-0.05, 0) is 38.4 Å². The van der Waals surface area contributed by atoms with E-state index in [1.807, 2.05) is 19.1 Å². The van der Waals surface area contributed by atoms with E-state index in [1.54, 1.807) is 0 Å². The molecule has 0 aromatic carbocycles. The maximum Gasteiger partial charge on any atom is 0.223 e. The van der Waals surface area contributed by atoms with Crippen molar-refractivity contribution in [2.75, 3.05) is 25.0 Å². The van der Waals surface area contributed by atoms with Gasteiger partial charge in [-0.25, -0.2) is 14.4 Å². The van der Waals surface area contributed by atoms with Crippen molar-refractivity contribution < 1.29 is 13.5 Å². The van der Waals surface area contributed by atoms with Gasteiger partial charge in [0.2, 0.25) is 5.95 Å². The summed E-state index contributed by atoms with van der Waals surface area (Å²) in [6, 6.07) is 4.20. The van der Waals surface area contributed by atoms with Crippen LogP contribution in [0.4, 0.5) is 10.3 Å². The van der Waals surface area contributed by atoms with Gasteiger partial charge in [0.25, 0.3) is 0 Å². The second kappa shape index (κ2) is 6.72. The van der Waals surface area contributed by atoms with Gasteiger partial charge < -0.3 is 14.5 Å². The first kappa shape index (κ1) is 16.5. The number of rotatable bonds is 4. The molecule has 1 N–H and O–H groups in total. The predicted molar refractivity (Wildman–Crippen MR) is 90.7 cm³/mol. The molecule has 2 fully saturated rings. The van der Waals surface area contributed by atoms with Crippen LogP contribution >= 0.6 is 0 Å². The molecule has 2 aliphatic heterocycles. The number of aromatic nitrogens is 2. The number of likely N-dealkylation sites (tertiary alicyclic amines) is 1. The predicted octanol–water partition coefficient (Wildman–Crippen LogP) is 2.75. The molecule has 0 bridgehead atoms. The highest BCUT2D eigenvalue weighted by molar-refractivity contribution is 5.26. The van der Waals surface area contributed by atoms with E-state index in [1.165, 1.54) is 12.4 Å². The summed E-state index contributed by atoms with van der Waals surface area (Å²) in [5.74, 6) is 1.97. The Morgan fingerprint density at radius 2 is 2.20 bits per heavy atom. The number of furan rings is 1. The highest BCUT2D eigenvalue weighted by Crippen LogP contribution is 2.36. The molecule has 1 spiro atoms. The fourth-order valence-electron chi connectivity index (χ4n) is 3.91. The van der Waals surface area contributed by atoms with Gasteiger partial charge in [-0.2, -0.15) is 0 Å². The quantitative estimate of drug-likeness (QED) is 0.918. The van der Waals surface area contributed by atoms with Crippen LogP contribution in [-0.4, -0.2) is 46.2 Å². The van der Waals surface area contributed by atoms with Gasteiger partial charge >= 0.3 is 0 Å². The van der Waals surface area contributed by atoms with Crippen LogP contribution in [-0.2, 0) is 11.3 Å². The molecule has 0 unspecified atom stereocenters. The van der Waals surface area contributed by atoms with Crippen LogP contribution in [0.25, 0.3) is 0 Å². The zero-order valence-corrected chi connectivity index (χ0v) is 14.4. The summed E-state index contributed by atoms with van der Waals surface area (Å²) in [6.45, 7) is 5.36. The van der Waals surface area contributed by atoms with Crippen LogP contribution in [0.3, 0.4) is 0 Å². The molecule has 0 aliphatic carbocycles. The molecule has 25 heavy (non-hydrogen) atoms. The highest BCUT2D eigenvalue weighted by Gasteiger charge is 2.43. The van der Waals surface area contributed by atoms with Crippen LogP contribution in [0, 0.1) is 12.7 Å². The van der Waals surface area contributed by atoms with Crippen molar-refractivity contribution in [3.63, 3.8) is 0 Å². The molecule has 6 nitrogen and oxygen atoms in total. The van der Waals surface area contributed by atoms with E-state index in [9.17, 15) is 4.39 Å². The van der Waals surface area contributed by atoms with Crippen molar-refractivity contribution in [2.24, 2.45) is 0 Å². The van der Waals surface area contributed by atoms with E-state index in [-0.39, 0.29) is 11.6 Å². The molecule has 0 radical (unpaired) electrons. The van der Waals surface area contributed by atoms with E-state index in [4.69, 9.17) is 9.15 Å². The van der Waals surface area contributed by atoms with Gasteiger partial charge in [0, 0.05) is 13.0 Å². The van der Waals surface area contributed by atoms with Crippen molar-refractivity contribution in [3.05, 3.63) is 41.9 Å². The Balaban J connectivity index is 1.36. The lowest BCUT2D eigenvalue weighted by Gasteiger charge is -2.39. The average Bonchev–Trinajstić information content (AvgIpc) is 3.16. The number of anilines is 1. The molecule has 2 atom stereocenters. The summed E-state index contributed by atoms with van der Waals surface area (Å²) in [4.78, 5) is 10.3. The molecular formula is C18H23FN4O2. The second-order valence-corrected chi connectivity index (χ2v) is 7.09. The molecule has 2 saturated heterocycles. The molecule has 4 rings (SSSR count). The Morgan fingerprint density at radius 1 is 1.36 bits per heavy atom. The molecule has 7 heteroatoms. The molecule has 2 aromatic rings. The molecule has 4 heterocycles. The van der Waals surface area contributed by atoms with E-state index in [2.05, 4.69) is 20.2 Å². The maximum absolute atomic E-state index is 12.9. The van der Waals surface area contributed by atoms with E-state index >= 15 is 0 Å². The Bertz CT molecular complexity index is 720. The summed E-state index contributed by atoms with van der Waals surface area (Å²) in [5, 5.41) is 3.26. The fraction of sp³-hybridized carbons (Fsp3) is 0.556. The largest absolute Gasteiger partial charge is 0.465 e. The average molecular weight is 346 g/mol. The van der Waals surface area contributed by atoms with Gasteiger partial charge in [0.05, 0.1) is 37.2 Å². The molecule has 0 saturated carbocycles. The first-order valence-corrected chi connectivity index (χ1v) is 8.76. The summed E-state index contributed by atoms with van der Waals surface area (Å²) in [7, 11) is 0. The minimum absolute atomic E-state index is 0.127. The minimum Gasteiger partial charge on any atom is -0.465 e. The van der Waals surface area contributed by atoms with Crippen LogP contribution in [0.15, 0.2) is 28.9 Å². The van der Waals surface area contributed by atoms with Crippen molar-refractivity contribution in [1.82, 2.24) is 14.9 Å². The Hall–Kier alpha value is -1.99. The van der Waals surface area contributed by atoms with Crippen molar-refractivity contribution in [2.45, 2.75) is 44.4 Å². The third-order valence-electron chi connectivity index (χ3n) is 4.96. The number of piperidine rings is 1. The molecule has 134 valence electrons. The van der Waals surface area contributed by atoms with Crippen LogP contribution in [0.1, 0.15) is 30.8 Å². The molecule has 2 aromatic heterocycles. The molecular weight excluding hydrogens is 323 g/mol. The number of aryl methyl sites for hydroxylation is 1. The van der Waals surface area contributed by atoms with Crippen molar-refractivity contribution >= 4 is 5.95 Å². The minimum atomic E-state index is -0.430. The van der Waals surface area contributed by atoms with Crippen LogP contribution in [0.5, 0.6) is 0 Å². The third-order valence-corrected chi connectivity index (χ3v) is 4.96. The van der Waals surface area contributed by atoms with Gasteiger partial charge in [-0.15, -0.1) is 0 Å². The van der Waals surface area contributed by atoms with E-state index in [0.717, 1.165) is 50.4 Å². The maximum atomic E-state index is 12.9. The fourth-order valence-corrected chi connectivity index (χ4v) is 3.91. The van der Waals surface area contributed by atoms with Crippen molar-refractivity contribution in [1.29, 1.82) is 0 Å². The van der Waals surface area contributed by atoms with Crippen LogP contribution < -0.4 is 5.32 Å². The van der Waals surface area contributed by atoms with E-state index < -0.39 is 5.82 Å².